The monoisotopic (exact) mass is 214 g/mol. The molecular formula is C8H14N4O3. The van der Waals surface area contributed by atoms with Gasteiger partial charge in [0.25, 0.3) is 0 Å². The Labute approximate surface area is 86.7 Å². The lowest BCUT2D eigenvalue weighted by Crippen LogP contribution is -2.34. The molecule has 0 saturated heterocycles. The average Bonchev–Trinajstić information content (AvgIpc) is 2.75. The number of nitrogens with one attached hydrogen (secondary N) is 1. The third-order valence-electron chi connectivity index (χ3n) is 1.79. The van der Waals surface area contributed by atoms with Crippen molar-refractivity contribution in [3.8, 4) is 0 Å². The molecule has 1 amide bonds. The molecule has 1 rings (SSSR count). The number of amides is 1. The normalized spacial score (nSPS) is 12.4. The van der Waals surface area contributed by atoms with Crippen molar-refractivity contribution in [2.45, 2.75) is 19.1 Å². The number of hydrogen-bond donors (Lipinski definition) is 3. The Morgan fingerprint density at radius 1 is 1.60 bits per heavy atom. The first-order chi connectivity index (χ1) is 7.22. The molecule has 0 fully saturated rings. The third kappa shape index (κ3) is 4.52. The van der Waals surface area contributed by atoms with E-state index in [0.29, 0.717) is 6.54 Å². The number of aliphatic hydroxyl groups is 2. The van der Waals surface area contributed by atoms with E-state index < -0.39 is 6.10 Å². The first-order valence-electron chi connectivity index (χ1n) is 4.62. The topological polar surface area (TPSA) is 100 Å². The van der Waals surface area contributed by atoms with Gasteiger partial charge in [0, 0.05) is 19.2 Å². The number of aromatic nitrogens is 3. The molecule has 84 valence electrons. The number of carbonyl (C=O) groups is 1. The highest BCUT2D eigenvalue weighted by Crippen LogP contribution is 1.88. The number of nitrogens with zero attached hydrogens (tertiary/aromatic N) is 3. The van der Waals surface area contributed by atoms with Crippen LogP contribution in [0, 0.1) is 0 Å². The van der Waals surface area contributed by atoms with Crippen molar-refractivity contribution in [3.05, 3.63) is 12.4 Å². The first-order valence-corrected chi connectivity index (χ1v) is 4.62. The van der Waals surface area contributed by atoms with Crippen molar-refractivity contribution in [2.24, 2.45) is 0 Å². The SMILES string of the molecule is O=C(CCn1ccnn1)NCC(O)CO. The summed E-state index contributed by atoms with van der Waals surface area (Å²) in [5.74, 6) is -0.196. The minimum Gasteiger partial charge on any atom is -0.394 e. The van der Waals surface area contributed by atoms with Crippen molar-refractivity contribution in [2.75, 3.05) is 13.2 Å². The molecule has 7 nitrogen and oxygen atoms in total. The van der Waals surface area contributed by atoms with E-state index in [0.717, 1.165) is 0 Å². The van der Waals surface area contributed by atoms with Gasteiger partial charge >= 0.3 is 0 Å². The van der Waals surface area contributed by atoms with Crippen LogP contribution in [0.15, 0.2) is 12.4 Å². The van der Waals surface area contributed by atoms with E-state index in [2.05, 4.69) is 15.6 Å². The Bertz CT molecular complexity index is 288. The third-order valence-corrected chi connectivity index (χ3v) is 1.79. The average molecular weight is 214 g/mol. The van der Waals surface area contributed by atoms with Gasteiger partial charge in [-0.2, -0.15) is 0 Å². The second-order valence-corrected chi connectivity index (χ2v) is 3.06. The van der Waals surface area contributed by atoms with Crippen LogP contribution in [0.3, 0.4) is 0 Å². The molecule has 1 aromatic heterocycles. The van der Waals surface area contributed by atoms with Crippen LogP contribution in [0.1, 0.15) is 6.42 Å². The van der Waals surface area contributed by atoms with Crippen molar-refractivity contribution in [3.63, 3.8) is 0 Å². The van der Waals surface area contributed by atoms with Gasteiger partial charge in [0.15, 0.2) is 0 Å². The summed E-state index contributed by atoms with van der Waals surface area (Å²) in [4.78, 5) is 11.2. The molecule has 0 spiro atoms. The highest BCUT2D eigenvalue weighted by molar-refractivity contribution is 5.75. The van der Waals surface area contributed by atoms with Crippen LogP contribution in [0.4, 0.5) is 0 Å². The van der Waals surface area contributed by atoms with Crippen LogP contribution < -0.4 is 5.32 Å². The fourth-order valence-corrected chi connectivity index (χ4v) is 0.953. The fraction of sp³-hybridized carbons (Fsp3) is 0.625. The summed E-state index contributed by atoms with van der Waals surface area (Å²) in [6.07, 6.45) is 2.56. The van der Waals surface area contributed by atoms with Crippen molar-refractivity contribution in [1.29, 1.82) is 0 Å². The molecular weight excluding hydrogens is 200 g/mol. The summed E-state index contributed by atoms with van der Waals surface area (Å²) in [6.45, 7) is 0.150. The van der Waals surface area contributed by atoms with Crippen LogP contribution in [0.25, 0.3) is 0 Å². The Morgan fingerprint density at radius 2 is 2.40 bits per heavy atom. The highest BCUT2D eigenvalue weighted by atomic mass is 16.3. The molecule has 0 aliphatic heterocycles. The maximum absolute atomic E-state index is 11.2. The van der Waals surface area contributed by atoms with Gasteiger partial charge in [-0.15, -0.1) is 5.10 Å². The maximum atomic E-state index is 11.2. The van der Waals surface area contributed by atoms with Crippen LogP contribution in [0.2, 0.25) is 0 Å². The number of hydrogen-bond acceptors (Lipinski definition) is 5. The largest absolute Gasteiger partial charge is 0.394 e. The van der Waals surface area contributed by atoms with Gasteiger partial charge in [0.05, 0.1) is 25.5 Å². The molecule has 3 N–H and O–H groups in total. The number of rotatable bonds is 6. The highest BCUT2D eigenvalue weighted by Gasteiger charge is 2.05. The summed E-state index contributed by atoms with van der Waals surface area (Å²) in [6, 6.07) is 0. The van der Waals surface area contributed by atoms with Gasteiger partial charge in [-0.05, 0) is 0 Å². The lowest BCUT2D eigenvalue weighted by atomic mass is 10.3. The molecule has 7 heteroatoms. The Kier molecular flexibility index (Phi) is 4.72. The van der Waals surface area contributed by atoms with Gasteiger partial charge < -0.3 is 15.5 Å². The molecule has 0 bridgehead atoms. The molecule has 1 aromatic rings. The fourth-order valence-electron chi connectivity index (χ4n) is 0.953. The summed E-state index contributed by atoms with van der Waals surface area (Å²) in [7, 11) is 0. The summed E-state index contributed by atoms with van der Waals surface area (Å²) < 4.78 is 1.54. The zero-order valence-electron chi connectivity index (χ0n) is 8.20. The van der Waals surface area contributed by atoms with Gasteiger partial charge in [-0.25, -0.2) is 0 Å². The van der Waals surface area contributed by atoms with Crippen LogP contribution in [-0.4, -0.2) is 50.4 Å². The van der Waals surface area contributed by atoms with Crippen LogP contribution >= 0.6 is 0 Å². The Balaban J connectivity index is 2.14. The second kappa shape index (κ2) is 6.10. The van der Waals surface area contributed by atoms with Crippen molar-refractivity contribution >= 4 is 5.91 Å². The summed E-state index contributed by atoms with van der Waals surface area (Å²) in [5, 5.41) is 27.2. The smallest absolute Gasteiger partial charge is 0.221 e. The maximum Gasteiger partial charge on any atom is 0.221 e. The zero-order valence-corrected chi connectivity index (χ0v) is 8.20. The lowest BCUT2D eigenvalue weighted by Gasteiger charge is -2.08. The van der Waals surface area contributed by atoms with Crippen molar-refractivity contribution in [1.82, 2.24) is 20.3 Å². The molecule has 1 unspecified atom stereocenters. The van der Waals surface area contributed by atoms with E-state index in [1.54, 1.807) is 10.9 Å². The molecule has 1 atom stereocenters. The number of carbonyl (C=O) groups excluding carboxylic acids is 1. The quantitative estimate of drug-likeness (QED) is 0.515. The Hall–Kier alpha value is -1.47. The second-order valence-electron chi connectivity index (χ2n) is 3.06. The summed E-state index contributed by atoms with van der Waals surface area (Å²) >= 11 is 0. The molecule has 0 aliphatic carbocycles. The van der Waals surface area contributed by atoms with E-state index in [1.807, 2.05) is 0 Å². The number of aliphatic hydroxyl groups excluding tert-OH is 2. The van der Waals surface area contributed by atoms with Crippen LogP contribution in [0.5, 0.6) is 0 Å². The van der Waals surface area contributed by atoms with Gasteiger partial charge in [0.2, 0.25) is 5.91 Å². The molecule has 15 heavy (non-hydrogen) atoms. The van der Waals surface area contributed by atoms with E-state index in [1.165, 1.54) is 6.20 Å². The lowest BCUT2D eigenvalue weighted by molar-refractivity contribution is -0.121. The molecule has 0 saturated carbocycles. The Morgan fingerprint density at radius 3 is 3.00 bits per heavy atom. The van der Waals surface area contributed by atoms with Crippen molar-refractivity contribution < 1.29 is 15.0 Å². The molecule has 0 radical (unpaired) electrons. The van der Waals surface area contributed by atoms with E-state index in [4.69, 9.17) is 10.2 Å². The summed E-state index contributed by atoms with van der Waals surface area (Å²) in [5.41, 5.74) is 0. The van der Waals surface area contributed by atoms with Gasteiger partial charge in [-0.3, -0.25) is 9.48 Å². The first kappa shape index (κ1) is 11.6. The standard InChI is InChI=1S/C8H14N4O3/c13-6-7(14)5-9-8(15)1-3-12-4-2-10-11-12/h2,4,7,13-14H,1,3,5-6H2,(H,9,15). The minimum atomic E-state index is -0.902. The number of aryl methyl sites for hydroxylation is 1. The van der Waals surface area contributed by atoms with E-state index >= 15 is 0 Å². The predicted molar refractivity (Wildman–Crippen MR) is 50.7 cm³/mol. The minimum absolute atomic E-state index is 0.0622. The van der Waals surface area contributed by atoms with E-state index in [9.17, 15) is 4.79 Å². The molecule has 0 aliphatic rings. The van der Waals surface area contributed by atoms with Crippen LogP contribution in [-0.2, 0) is 11.3 Å². The predicted octanol–water partition coefficient (Wildman–Crippen LogP) is -1.86. The van der Waals surface area contributed by atoms with Gasteiger partial charge in [-0.1, -0.05) is 5.21 Å². The van der Waals surface area contributed by atoms with Gasteiger partial charge in [0.1, 0.15) is 0 Å². The molecule has 0 aromatic carbocycles. The zero-order chi connectivity index (χ0) is 11.1. The molecule has 1 heterocycles. The van der Waals surface area contributed by atoms with E-state index in [-0.39, 0.29) is 25.5 Å².